The van der Waals surface area contributed by atoms with Crippen molar-refractivity contribution in [3.05, 3.63) is 0 Å². The SMILES string of the molecule is NNC(=O)OC=S. The lowest BCUT2D eigenvalue weighted by Crippen LogP contribution is -2.30. The van der Waals surface area contributed by atoms with Crippen molar-refractivity contribution < 1.29 is 9.53 Å². The highest BCUT2D eigenvalue weighted by Crippen LogP contribution is 1.65. The Hall–Kier alpha value is -0.680. The van der Waals surface area contributed by atoms with E-state index in [9.17, 15) is 4.79 Å². The van der Waals surface area contributed by atoms with E-state index in [2.05, 4.69) is 22.8 Å². The number of amides is 1. The van der Waals surface area contributed by atoms with Crippen LogP contribution >= 0.6 is 12.2 Å². The Kier molecular flexibility index (Phi) is 3.17. The quantitative estimate of drug-likeness (QED) is 0.213. The van der Waals surface area contributed by atoms with Crippen LogP contribution in [0.4, 0.5) is 4.79 Å². The Morgan fingerprint density at radius 3 is 2.71 bits per heavy atom. The minimum atomic E-state index is -0.755. The number of nitrogens with one attached hydrogen (secondary N) is 1. The van der Waals surface area contributed by atoms with Gasteiger partial charge in [0.25, 0.3) is 0 Å². The molecule has 40 valence electrons. The van der Waals surface area contributed by atoms with Crippen molar-refractivity contribution in [2.75, 3.05) is 0 Å². The number of hydrogen-bond acceptors (Lipinski definition) is 4. The van der Waals surface area contributed by atoms with Crippen molar-refractivity contribution in [3.8, 4) is 0 Å². The minimum Gasteiger partial charge on any atom is -0.406 e. The molecule has 0 saturated carbocycles. The average molecular weight is 120 g/mol. The lowest BCUT2D eigenvalue weighted by Gasteiger charge is -1.90. The first-order valence-corrected chi connectivity index (χ1v) is 1.89. The van der Waals surface area contributed by atoms with Gasteiger partial charge >= 0.3 is 6.09 Å². The van der Waals surface area contributed by atoms with Crippen LogP contribution in [0.25, 0.3) is 0 Å². The molecule has 7 heavy (non-hydrogen) atoms. The van der Waals surface area contributed by atoms with Gasteiger partial charge in [-0.05, 0) is 12.2 Å². The topological polar surface area (TPSA) is 64.3 Å². The maximum absolute atomic E-state index is 9.86. The smallest absolute Gasteiger partial charge is 0.406 e. The molecule has 0 saturated heterocycles. The summed E-state index contributed by atoms with van der Waals surface area (Å²) in [7, 11) is 0. The largest absolute Gasteiger partial charge is 0.427 e. The molecule has 5 heteroatoms. The molecule has 1 amide bonds. The van der Waals surface area contributed by atoms with Gasteiger partial charge in [0, 0.05) is 0 Å². The molecule has 0 rings (SSSR count). The van der Waals surface area contributed by atoms with E-state index in [1.165, 1.54) is 0 Å². The lowest BCUT2D eigenvalue weighted by molar-refractivity contribution is 0.201. The van der Waals surface area contributed by atoms with E-state index in [1.807, 2.05) is 0 Å². The van der Waals surface area contributed by atoms with E-state index in [0.717, 1.165) is 5.55 Å². The average Bonchev–Trinajstić information content (AvgIpc) is 1.68. The van der Waals surface area contributed by atoms with Gasteiger partial charge in [0.1, 0.15) is 0 Å². The van der Waals surface area contributed by atoms with Gasteiger partial charge in [0.15, 0.2) is 5.55 Å². The summed E-state index contributed by atoms with van der Waals surface area (Å²) < 4.78 is 4.01. The summed E-state index contributed by atoms with van der Waals surface area (Å²) in [5, 5.41) is 0. The van der Waals surface area contributed by atoms with Crippen LogP contribution in [-0.4, -0.2) is 11.6 Å². The third-order valence-electron chi connectivity index (χ3n) is 0.273. The van der Waals surface area contributed by atoms with Gasteiger partial charge in [-0.15, -0.1) is 0 Å². The van der Waals surface area contributed by atoms with E-state index in [-0.39, 0.29) is 0 Å². The van der Waals surface area contributed by atoms with Gasteiger partial charge in [0.05, 0.1) is 0 Å². The van der Waals surface area contributed by atoms with Gasteiger partial charge in [-0.3, -0.25) is 5.43 Å². The first kappa shape index (κ1) is 6.32. The Balaban J connectivity index is 3.17. The summed E-state index contributed by atoms with van der Waals surface area (Å²) in [6, 6.07) is 0. The maximum atomic E-state index is 9.86. The van der Waals surface area contributed by atoms with E-state index in [1.54, 1.807) is 5.43 Å². The molecule has 0 bridgehead atoms. The molecule has 0 aromatic carbocycles. The molecule has 0 spiro atoms. The number of rotatable bonds is 1. The second kappa shape index (κ2) is 3.51. The van der Waals surface area contributed by atoms with E-state index in [4.69, 9.17) is 0 Å². The fraction of sp³-hybridized carbons (Fsp3) is 0. The highest BCUT2D eigenvalue weighted by molar-refractivity contribution is 7.78. The molecular formula is C2H4N2O2S. The van der Waals surface area contributed by atoms with Crippen LogP contribution in [0.1, 0.15) is 0 Å². The predicted molar refractivity (Wildman–Crippen MR) is 27.5 cm³/mol. The van der Waals surface area contributed by atoms with Crippen molar-refractivity contribution in [3.63, 3.8) is 0 Å². The Labute approximate surface area is 45.6 Å². The molecule has 0 aliphatic rings. The van der Waals surface area contributed by atoms with E-state index in [0.29, 0.717) is 0 Å². The molecule has 0 aromatic heterocycles. The van der Waals surface area contributed by atoms with Crippen molar-refractivity contribution in [2.45, 2.75) is 0 Å². The third kappa shape index (κ3) is 3.14. The standard InChI is InChI=1S/C2H4N2O2S/c3-4-2(5)6-1-7/h1H,3H2,(H,4,5). The highest BCUT2D eigenvalue weighted by atomic mass is 32.1. The van der Waals surface area contributed by atoms with Crippen LogP contribution in [0.15, 0.2) is 0 Å². The first-order valence-electron chi connectivity index (χ1n) is 1.42. The number of hydrogen-bond donors (Lipinski definition) is 2. The number of carbonyl (C=O) groups excluding carboxylic acids is 1. The first-order chi connectivity index (χ1) is 3.31. The van der Waals surface area contributed by atoms with Gasteiger partial charge in [0.2, 0.25) is 0 Å². The zero-order chi connectivity index (χ0) is 5.70. The minimum absolute atomic E-state index is 0.755. The van der Waals surface area contributed by atoms with E-state index < -0.39 is 6.09 Å². The van der Waals surface area contributed by atoms with Gasteiger partial charge in [-0.25, -0.2) is 10.6 Å². The number of carbonyl (C=O) groups is 1. The molecule has 0 heterocycles. The number of nitrogens with two attached hydrogens (primary N) is 1. The summed E-state index contributed by atoms with van der Waals surface area (Å²) in [5.41, 5.74) is 2.53. The summed E-state index contributed by atoms with van der Waals surface area (Å²) in [6.07, 6.45) is -0.755. The fourth-order valence-electron chi connectivity index (χ4n) is 0.0777. The van der Waals surface area contributed by atoms with Crippen molar-refractivity contribution in [1.29, 1.82) is 0 Å². The molecule has 3 N–H and O–H groups in total. The second-order valence-corrected chi connectivity index (χ2v) is 0.838. The van der Waals surface area contributed by atoms with Crippen molar-refractivity contribution in [1.82, 2.24) is 5.43 Å². The van der Waals surface area contributed by atoms with Crippen LogP contribution in [-0.2, 0) is 4.74 Å². The molecule has 4 nitrogen and oxygen atoms in total. The Bertz CT molecular complexity index is 83.8. The van der Waals surface area contributed by atoms with Crippen LogP contribution in [0.2, 0.25) is 0 Å². The van der Waals surface area contributed by atoms with Crippen LogP contribution in [0.5, 0.6) is 0 Å². The number of hydrazine groups is 1. The highest BCUT2D eigenvalue weighted by Gasteiger charge is 1.89. The molecule has 0 unspecified atom stereocenters. The van der Waals surface area contributed by atoms with Crippen molar-refractivity contribution >= 4 is 23.9 Å². The molecule has 0 atom stereocenters. The normalized spacial score (nSPS) is 7.00. The Morgan fingerprint density at radius 1 is 2.00 bits per heavy atom. The van der Waals surface area contributed by atoms with Crippen LogP contribution in [0.3, 0.4) is 0 Å². The summed E-state index contributed by atoms with van der Waals surface area (Å²) in [5.74, 6) is 4.57. The fourth-order valence-corrected chi connectivity index (χ4v) is 0.165. The molecule has 0 aromatic rings. The van der Waals surface area contributed by atoms with Crippen molar-refractivity contribution in [2.24, 2.45) is 5.84 Å². The second-order valence-electron chi connectivity index (χ2n) is 0.646. The van der Waals surface area contributed by atoms with Crippen LogP contribution in [0, 0.1) is 0 Å². The molecular weight excluding hydrogens is 116 g/mol. The predicted octanol–water partition coefficient (Wildman–Crippen LogP) is -0.456. The summed E-state index contributed by atoms with van der Waals surface area (Å²) in [4.78, 5) is 9.86. The molecule has 0 radical (unpaired) electrons. The third-order valence-corrected chi connectivity index (χ3v) is 0.369. The van der Waals surface area contributed by atoms with E-state index >= 15 is 0 Å². The number of ether oxygens (including phenoxy) is 1. The summed E-state index contributed by atoms with van der Waals surface area (Å²) >= 11 is 4.13. The van der Waals surface area contributed by atoms with Gasteiger partial charge in [-0.2, -0.15) is 0 Å². The summed E-state index contributed by atoms with van der Waals surface area (Å²) in [6.45, 7) is 0. The molecule has 0 aliphatic carbocycles. The Morgan fingerprint density at radius 2 is 2.57 bits per heavy atom. The monoisotopic (exact) mass is 120 g/mol. The molecule has 0 fully saturated rings. The number of thiocarbonyl (C=S) groups is 1. The lowest BCUT2D eigenvalue weighted by atomic mass is 11.2. The van der Waals surface area contributed by atoms with Gasteiger partial charge < -0.3 is 4.74 Å². The zero-order valence-electron chi connectivity index (χ0n) is 3.38. The van der Waals surface area contributed by atoms with Crippen LogP contribution < -0.4 is 11.3 Å². The molecule has 0 aliphatic heterocycles. The zero-order valence-corrected chi connectivity index (χ0v) is 4.20. The van der Waals surface area contributed by atoms with Gasteiger partial charge in [-0.1, -0.05) is 0 Å². The maximum Gasteiger partial charge on any atom is 0.427 e.